The van der Waals surface area contributed by atoms with Crippen LogP contribution in [0, 0.1) is 0 Å². The molecule has 0 aliphatic heterocycles. The molecule has 1 heterocycles. The summed E-state index contributed by atoms with van der Waals surface area (Å²) < 4.78 is 0. The minimum Gasteiger partial charge on any atom is -0.366 e. The third-order valence-corrected chi connectivity index (χ3v) is 3.27. The zero-order chi connectivity index (χ0) is 15.0. The van der Waals surface area contributed by atoms with Crippen LogP contribution in [0.3, 0.4) is 0 Å². The van der Waals surface area contributed by atoms with Gasteiger partial charge in [0.1, 0.15) is 5.82 Å². The molecule has 4 nitrogen and oxygen atoms in total. The van der Waals surface area contributed by atoms with E-state index in [2.05, 4.69) is 44.9 Å². The Bertz CT molecular complexity index is 640. The normalized spacial score (nSPS) is 10.2. The van der Waals surface area contributed by atoms with Crippen LogP contribution in [0.4, 0.5) is 11.8 Å². The molecule has 22 heavy (non-hydrogen) atoms. The summed E-state index contributed by atoms with van der Waals surface area (Å²) in [5, 5.41) is 6.55. The average Bonchev–Trinajstić information content (AvgIpc) is 2.60. The van der Waals surface area contributed by atoms with Crippen molar-refractivity contribution in [3.63, 3.8) is 0 Å². The van der Waals surface area contributed by atoms with Gasteiger partial charge in [0.05, 0.1) is 0 Å². The van der Waals surface area contributed by atoms with Gasteiger partial charge in [-0.3, -0.25) is 0 Å². The van der Waals surface area contributed by atoms with Gasteiger partial charge in [-0.1, -0.05) is 60.7 Å². The van der Waals surface area contributed by atoms with E-state index in [-0.39, 0.29) is 0 Å². The monoisotopic (exact) mass is 292 g/mol. The predicted octanol–water partition coefficient (Wildman–Crippen LogP) is 3.70. The molecule has 0 amide bonds. The summed E-state index contributed by atoms with van der Waals surface area (Å²) >= 11 is 0. The van der Waals surface area contributed by atoms with Crippen LogP contribution < -0.4 is 10.6 Å². The summed E-state index contributed by atoms with van der Waals surface area (Å²) in [7, 11) is 0. The van der Waals surface area contributed by atoms with E-state index >= 15 is 0 Å². The van der Waals surface area contributed by atoms with Crippen LogP contribution in [0.15, 0.2) is 72.9 Å². The second kappa shape index (κ2) is 7.22. The van der Waals surface area contributed by atoms with Crippen molar-refractivity contribution < 1.29 is 0 Å². The fourth-order valence-corrected chi connectivity index (χ4v) is 2.11. The largest absolute Gasteiger partial charge is 0.366 e. The first-order valence-corrected chi connectivity index (χ1v) is 7.29. The molecule has 0 atom stereocenters. The highest BCUT2D eigenvalue weighted by atomic mass is 15.7. The van der Waals surface area contributed by atoms with E-state index < -0.39 is 0 Å². The second-order valence-electron chi connectivity index (χ2n) is 4.94. The molecule has 2 N–H and O–H groups in total. The van der Waals surface area contributed by atoms with Crippen LogP contribution in [0.2, 0.25) is 0 Å². The van der Waals surface area contributed by atoms with E-state index in [0.29, 0.717) is 12.5 Å². The molecule has 0 unspecified atom stereocenters. The van der Waals surface area contributed by atoms with E-state index in [1.54, 1.807) is 6.20 Å². The van der Waals surface area contributed by atoms with Gasteiger partial charge >= 0.3 is 0 Å². The van der Waals surface area contributed by atoms with Crippen molar-refractivity contribution in [1.29, 1.82) is 0 Å². The smallest absolute Gasteiger partial charge is 0.224 e. The fraction of sp³-hybridized carbons (Fsp3) is 0.111. The zero-order valence-corrected chi connectivity index (χ0v) is 12.2. The molecule has 2 aromatic carbocycles. The number of benzene rings is 2. The van der Waals surface area contributed by atoms with Crippen LogP contribution in [0.5, 0.6) is 0 Å². The van der Waals surface area contributed by atoms with Gasteiger partial charge in [0.25, 0.3) is 0 Å². The molecule has 0 radical (unpaired) electrons. The molecule has 0 fully saturated rings. The lowest BCUT2D eigenvalue weighted by molar-refractivity contribution is 1.03. The van der Waals surface area contributed by atoms with Crippen molar-refractivity contribution >= 4 is 11.8 Å². The number of nitrogens with zero attached hydrogens (tertiary/aromatic N) is 2. The van der Waals surface area contributed by atoms with Crippen LogP contribution >= 0.6 is 0 Å². The van der Waals surface area contributed by atoms with Crippen LogP contribution in [-0.2, 0) is 13.1 Å². The SMILES string of the molecule is c1ccc(C[15NH]c2ccnc([15NH]Cc3ccccc3)n2)cc1. The molecular weight excluding hydrogens is 274 g/mol. The molecule has 3 aromatic rings. The van der Waals surface area contributed by atoms with Crippen molar-refractivity contribution in [3.05, 3.63) is 84.1 Å². The van der Waals surface area contributed by atoms with Gasteiger partial charge in [-0.05, 0) is 17.2 Å². The molecule has 0 saturated carbocycles. The topological polar surface area (TPSA) is 49.8 Å². The Balaban J connectivity index is 1.58. The molecule has 0 spiro atoms. The lowest BCUT2D eigenvalue weighted by Gasteiger charge is -2.08. The molecule has 0 saturated heterocycles. The maximum absolute atomic E-state index is 4.47. The van der Waals surface area contributed by atoms with Gasteiger partial charge < -0.3 is 10.6 Å². The average molecular weight is 292 g/mol. The molecule has 1 aromatic heterocycles. The summed E-state index contributed by atoms with van der Waals surface area (Å²) in [5.41, 5.74) is 2.42. The second-order valence-corrected chi connectivity index (χ2v) is 4.94. The Kier molecular flexibility index (Phi) is 4.62. The highest BCUT2D eigenvalue weighted by Crippen LogP contribution is 2.09. The Morgan fingerprint density at radius 2 is 1.27 bits per heavy atom. The Morgan fingerprint density at radius 1 is 0.682 bits per heavy atom. The number of anilines is 2. The first-order chi connectivity index (χ1) is 10.9. The van der Waals surface area contributed by atoms with Gasteiger partial charge in [-0.2, -0.15) is 4.98 Å². The predicted molar refractivity (Wildman–Crippen MR) is 89.6 cm³/mol. The molecule has 0 bridgehead atoms. The maximum Gasteiger partial charge on any atom is 0.224 e. The number of hydrogen-bond donors (Lipinski definition) is 2. The van der Waals surface area contributed by atoms with Crippen LogP contribution in [0.1, 0.15) is 11.1 Å². The number of nitrogens with one attached hydrogen (secondary N) is 2. The van der Waals surface area contributed by atoms with Crippen molar-refractivity contribution in [2.75, 3.05) is 10.6 Å². The number of rotatable bonds is 6. The van der Waals surface area contributed by atoms with Gasteiger partial charge in [-0.15, -0.1) is 0 Å². The zero-order valence-electron chi connectivity index (χ0n) is 12.2. The first-order valence-electron chi connectivity index (χ1n) is 7.29. The summed E-state index contributed by atoms with van der Waals surface area (Å²) in [4.78, 5) is 8.72. The third-order valence-electron chi connectivity index (χ3n) is 3.27. The summed E-state index contributed by atoms with van der Waals surface area (Å²) in [6.45, 7) is 1.46. The first kappa shape index (κ1) is 14.1. The standard InChI is InChI=1S/C18H18N4/c1-3-7-15(8-4-1)13-20-17-11-12-19-18(22-17)21-14-16-9-5-2-6-10-16/h1-12H,13-14H2,(H2,19,20,21,22)/i20+1,21+1. The molecule has 4 heteroatoms. The van der Waals surface area contributed by atoms with Gasteiger partial charge in [0, 0.05) is 19.3 Å². The molecular formula is C18H18N4. The van der Waals surface area contributed by atoms with E-state index in [9.17, 15) is 0 Å². The van der Waals surface area contributed by atoms with E-state index in [4.69, 9.17) is 0 Å². The quantitative estimate of drug-likeness (QED) is 0.680. The Hall–Kier alpha value is -2.88. The molecule has 3 rings (SSSR count). The maximum atomic E-state index is 4.47. The van der Waals surface area contributed by atoms with E-state index in [1.165, 1.54) is 11.1 Å². The minimum atomic E-state index is 0.627. The number of hydrogen-bond acceptors (Lipinski definition) is 4. The lowest BCUT2D eigenvalue weighted by Crippen LogP contribution is -2.06. The van der Waals surface area contributed by atoms with Crippen molar-refractivity contribution in [2.45, 2.75) is 13.1 Å². The van der Waals surface area contributed by atoms with Crippen molar-refractivity contribution in [2.24, 2.45) is 0 Å². The molecule has 0 aliphatic carbocycles. The van der Waals surface area contributed by atoms with Gasteiger partial charge in [0.2, 0.25) is 5.95 Å². The minimum absolute atomic E-state index is 0.627. The Morgan fingerprint density at radius 3 is 1.91 bits per heavy atom. The van der Waals surface area contributed by atoms with E-state index in [0.717, 1.165) is 12.4 Å². The molecule has 0 aliphatic rings. The number of aromatic nitrogens is 2. The van der Waals surface area contributed by atoms with Crippen molar-refractivity contribution in [3.8, 4) is 0 Å². The van der Waals surface area contributed by atoms with Gasteiger partial charge in [-0.25, -0.2) is 4.98 Å². The summed E-state index contributed by atoms with van der Waals surface area (Å²) in [6, 6.07) is 22.3. The summed E-state index contributed by atoms with van der Waals surface area (Å²) in [6.07, 6.45) is 1.76. The highest BCUT2D eigenvalue weighted by molar-refractivity contribution is 5.40. The molecule has 110 valence electrons. The lowest BCUT2D eigenvalue weighted by atomic mass is 10.2. The fourth-order valence-electron chi connectivity index (χ4n) is 2.11. The van der Waals surface area contributed by atoms with Gasteiger partial charge in [0.15, 0.2) is 0 Å². The Labute approximate surface area is 130 Å². The van der Waals surface area contributed by atoms with Crippen molar-refractivity contribution in [1.82, 2.24) is 9.97 Å². The van der Waals surface area contributed by atoms with E-state index in [1.807, 2.05) is 42.5 Å². The third kappa shape index (κ3) is 4.06. The summed E-state index contributed by atoms with van der Waals surface area (Å²) in [5.74, 6) is 1.44. The van der Waals surface area contributed by atoms with Crippen LogP contribution in [0.25, 0.3) is 0 Å². The van der Waals surface area contributed by atoms with Crippen LogP contribution in [-0.4, -0.2) is 9.97 Å². The highest BCUT2D eigenvalue weighted by Gasteiger charge is 1.99.